The molecule has 18 heavy (non-hydrogen) atoms. The third-order valence-electron chi connectivity index (χ3n) is 3.53. The Morgan fingerprint density at radius 3 is 2.72 bits per heavy atom. The minimum Gasteiger partial charge on any atom is -0.497 e. The highest BCUT2D eigenvalue weighted by Gasteiger charge is 2.27. The Morgan fingerprint density at radius 2 is 2.11 bits per heavy atom. The molecule has 2 unspecified atom stereocenters. The zero-order chi connectivity index (χ0) is 13.0. The number of carbonyl (C=O) groups is 1. The first-order chi connectivity index (χ1) is 8.74. The van der Waals surface area contributed by atoms with Crippen molar-refractivity contribution in [3.05, 3.63) is 29.8 Å². The van der Waals surface area contributed by atoms with Gasteiger partial charge in [0.15, 0.2) is 0 Å². The molecular formula is C14H18BrNO2. The molecular weight excluding hydrogens is 294 g/mol. The van der Waals surface area contributed by atoms with E-state index in [4.69, 9.17) is 4.74 Å². The standard InChI is InChI=1S/C14H18BrNO2/c1-18-12-7-5-10(6-8-12)14(17)16-13-4-2-3-11(13)9-15/h5-8,11,13H,2-4,9H2,1H3,(H,16,17). The molecule has 1 amide bonds. The molecule has 1 aliphatic rings. The number of nitrogens with one attached hydrogen (secondary N) is 1. The zero-order valence-electron chi connectivity index (χ0n) is 10.5. The van der Waals surface area contributed by atoms with Crippen molar-refractivity contribution < 1.29 is 9.53 Å². The molecule has 1 saturated carbocycles. The van der Waals surface area contributed by atoms with Gasteiger partial charge in [-0.05, 0) is 43.0 Å². The average molecular weight is 312 g/mol. The van der Waals surface area contributed by atoms with E-state index in [-0.39, 0.29) is 5.91 Å². The predicted octanol–water partition coefficient (Wildman–Crippen LogP) is 2.99. The smallest absolute Gasteiger partial charge is 0.251 e. The lowest BCUT2D eigenvalue weighted by Crippen LogP contribution is -2.37. The summed E-state index contributed by atoms with van der Waals surface area (Å²) in [6.07, 6.45) is 3.47. The summed E-state index contributed by atoms with van der Waals surface area (Å²) < 4.78 is 5.08. The second-order valence-corrected chi connectivity index (χ2v) is 5.30. The lowest BCUT2D eigenvalue weighted by atomic mass is 10.1. The predicted molar refractivity (Wildman–Crippen MR) is 75.4 cm³/mol. The van der Waals surface area contributed by atoms with Crippen LogP contribution >= 0.6 is 15.9 Å². The topological polar surface area (TPSA) is 38.3 Å². The minimum atomic E-state index is 0.00973. The van der Waals surface area contributed by atoms with Crippen molar-refractivity contribution in [3.63, 3.8) is 0 Å². The van der Waals surface area contributed by atoms with Gasteiger partial charge < -0.3 is 10.1 Å². The fraction of sp³-hybridized carbons (Fsp3) is 0.500. The van der Waals surface area contributed by atoms with Gasteiger partial charge in [0.05, 0.1) is 7.11 Å². The van der Waals surface area contributed by atoms with Crippen LogP contribution in [0.5, 0.6) is 5.75 Å². The molecule has 0 aliphatic heterocycles. The Morgan fingerprint density at radius 1 is 1.39 bits per heavy atom. The number of methoxy groups -OCH3 is 1. The second kappa shape index (κ2) is 6.23. The molecule has 0 radical (unpaired) electrons. The van der Waals surface area contributed by atoms with Crippen LogP contribution in [0.3, 0.4) is 0 Å². The van der Waals surface area contributed by atoms with Crippen molar-refractivity contribution >= 4 is 21.8 Å². The first kappa shape index (κ1) is 13.4. The maximum atomic E-state index is 12.1. The number of carbonyl (C=O) groups excluding carboxylic acids is 1. The summed E-state index contributed by atoms with van der Waals surface area (Å²) in [5.41, 5.74) is 0.691. The van der Waals surface area contributed by atoms with Crippen LogP contribution in [-0.2, 0) is 0 Å². The van der Waals surface area contributed by atoms with Crippen LogP contribution in [0.4, 0.5) is 0 Å². The zero-order valence-corrected chi connectivity index (χ0v) is 12.1. The van der Waals surface area contributed by atoms with Gasteiger partial charge in [-0.3, -0.25) is 4.79 Å². The Labute approximate surface area is 116 Å². The third kappa shape index (κ3) is 3.05. The van der Waals surface area contributed by atoms with Crippen molar-refractivity contribution in [1.29, 1.82) is 0 Å². The molecule has 1 aromatic carbocycles. The van der Waals surface area contributed by atoms with Crippen LogP contribution in [-0.4, -0.2) is 24.4 Å². The number of alkyl halides is 1. The number of amides is 1. The van der Waals surface area contributed by atoms with Crippen LogP contribution < -0.4 is 10.1 Å². The Kier molecular flexibility index (Phi) is 4.64. The molecule has 3 nitrogen and oxygen atoms in total. The summed E-state index contributed by atoms with van der Waals surface area (Å²) >= 11 is 3.51. The van der Waals surface area contributed by atoms with Gasteiger partial charge >= 0.3 is 0 Å². The van der Waals surface area contributed by atoms with Gasteiger partial charge in [0.25, 0.3) is 5.91 Å². The fourth-order valence-corrected chi connectivity index (χ4v) is 3.18. The first-order valence-electron chi connectivity index (χ1n) is 6.25. The molecule has 0 saturated heterocycles. The number of ether oxygens (including phenoxy) is 1. The van der Waals surface area contributed by atoms with Gasteiger partial charge in [-0.2, -0.15) is 0 Å². The molecule has 1 fully saturated rings. The van der Waals surface area contributed by atoms with Crippen molar-refractivity contribution in [3.8, 4) is 5.75 Å². The van der Waals surface area contributed by atoms with Gasteiger partial charge in [-0.15, -0.1) is 0 Å². The van der Waals surface area contributed by atoms with Gasteiger partial charge in [0.1, 0.15) is 5.75 Å². The largest absolute Gasteiger partial charge is 0.497 e. The number of hydrogen-bond acceptors (Lipinski definition) is 2. The Balaban J connectivity index is 1.98. The molecule has 4 heteroatoms. The summed E-state index contributed by atoms with van der Waals surface area (Å²) in [4.78, 5) is 12.1. The number of halogens is 1. The number of hydrogen-bond donors (Lipinski definition) is 1. The van der Waals surface area contributed by atoms with Crippen molar-refractivity contribution in [1.82, 2.24) is 5.32 Å². The van der Waals surface area contributed by atoms with Gasteiger partial charge in [0.2, 0.25) is 0 Å². The molecule has 1 aromatic rings. The molecule has 0 bridgehead atoms. The summed E-state index contributed by atoms with van der Waals surface area (Å²) in [7, 11) is 1.62. The van der Waals surface area contributed by atoms with Crippen LogP contribution in [0.1, 0.15) is 29.6 Å². The monoisotopic (exact) mass is 311 g/mol. The molecule has 2 atom stereocenters. The fourth-order valence-electron chi connectivity index (χ4n) is 2.41. The normalized spacial score (nSPS) is 22.8. The lowest BCUT2D eigenvalue weighted by Gasteiger charge is -2.19. The molecule has 0 spiro atoms. The highest BCUT2D eigenvalue weighted by atomic mass is 79.9. The van der Waals surface area contributed by atoms with Crippen LogP contribution in [0.15, 0.2) is 24.3 Å². The van der Waals surface area contributed by atoms with Crippen LogP contribution in [0.25, 0.3) is 0 Å². The van der Waals surface area contributed by atoms with E-state index in [2.05, 4.69) is 21.2 Å². The summed E-state index contributed by atoms with van der Waals surface area (Å²) in [6.45, 7) is 0. The van der Waals surface area contributed by atoms with E-state index < -0.39 is 0 Å². The summed E-state index contributed by atoms with van der Waals surface area (Å²) in [5.74, 6) is 1.34. The molecule has 0 heterocycles. The highest BCUT2D eigenvalue weighted by Crippen LogP contribution is 2.27. The van der Waals surface area contributed by atoms with E-state index in [1.54, 1.807) is 19.2 Å². The van der Waals surface area contributed by atoms with Crippen molar-refractivity contribution in [2.75, 3.05) is 12.4 Å². The maximum Gasteiger partial charge on any atom is 0.251 e. The van der Waals surface area contributed by atoms with Crippen molar-refractivity contribution in [2.45, 2.75) is 25.3 Å². The molecule has 1 N–H and O–H groups in total. The highest BCUT2D eigenvalue weighted by molar-refractivity contribution is 9.09. The molecule has 1 aliphatic carbocycles. The van der Waals surface area contributed by atoms with Crippen molar-refractivity contribution in [2.24, 2.45) is 5.92 Å². The molecule has 2 rings (SSSR count). The maximum absolute atomic E-state index is 12.1. The first-order valence-corrected chi connectivity index (χ1v) is 7.37. The lowest BCUT2D eigenvalue weighted by molar-refractivity contribution is 0.0930. The van der Waals surface area contributed by atoms with Gasteiger partial charge in [0, 0.05) is 16.9 Å². The quantitative estimate of drug-likeness (QED) is 0.868. The van der Waals surface area contributed by atoms with E-state index >= 15 is 0 Å². The summed E-state index contributed by atoms with van der Waals surface area (Å²) in [6, 6.07) is 7.52. The second-order valence-electron chi connectivity index (χ2n) is 4.65. The van der Waals surface area contributed by atoms with E-state index in [0.717, 1.165) is 17.5 Å². The van der Waals surface area contributed by atoms with Crippen LogP contribution in [0, 0.1) is 5.92 Å². The van der Waals surface area contributed by atoms with E-state index in [0.29, 0.717) is 17.5 Å². The molecule has 0 aromatic heterocycles. The molecule has 98 valence electrons. The third-order valence-corrected chi connectivity index (χ3v) is 4.36. The Bertz CT molecular complexity index is 405. The van der Waals surface area contributed by atoms with Gasteiger partial charge in [-0.25, -0.2) is 0 Å². The van der Waals surface area contributed by atoms with E-state index in [1.807, 2.05) is 12.1 Å². The number of benzene rings is 1. The SMILES string of the molecule is COc1ccc(C(=O)NC2CCCC2CBr)cc1. The summed E-state index contributed by atoms with van der Waals surface area (Å²) in [5, 5.41) is 4.08. The van der Waals surface area contributed by atoms with Crippen LogP contribution in [0.2, 0.25) is 0 Å². The van der Waals surface area contributed by atoms with Gasteiger partial charge in [-0.1, -0.05) is 22.4 Å². The average Bonchev–Trinajstić information content (AvgIpc) is 2.86. The Hall–Kier alpha value is -1.03. The number of rotatable bonds is 4. The van der Waals surface area contributed by atoms with E-state index in [1.165, 1.54) is 12.8 Å². The van der Waals surface area contributed by atoms with E-state index in [9.17, 15) is 4.79 Å². The minimum absolute atomic E-state index is 0.00973.